The van der Waals surface area contributed by atoms with E-state index in [0.717, 1.165) is 21.4 Å². The summed E-state index contributed by atoms with van der Waals surface area (Å²) in [7, 11) is 0. The van der Waals surface area contributed by atoms with Crippen LogP contribution in [-0.4, -0.2) is 82.8 Å². The van der Waals surface area contributed by atoms with Gasteiger partial charge < -0.3 is 26.0 Å². The molecule has 0 saturated heterocycles. The van der Waals surface area contributed by atoms with E-state index in [-0.39, 0.29) is 23.7 Å². The molecule has 0 fully saturated rings. The van der Waals surface area contributed by atoms with Crippen LogP contribution >= 0.6 is 57.4 Å². The fourth-order valence-corrected chi connectivity index (χ4v) is 6.89. The maximum atomic E-state index is 12.9. The van der Waals surface area contributed by atoms with Crippen molar-refractivity contribution in [1.82, 2.24) is 30.6 Å². The minimum atomic E-state index is -0.348. The molecule has 2 aromatic carbocycles. The summed E-state index contributed by atoms with van der Waals surface area (Å²) < 4.78 is 6.52. The molecule has 19 heteroatoms. The predicted molar refractivity (Wildman–Crippen MR) is 225 cm³/mol. The van der Waals surface area contributed by atoms with E-state index in [0.29, 0.717) is 95.6 Å². The van der Waals surface area contributed by atoms with E-state index in [1.807, 2.05) is 43.1 Å². The van der Waals surface area contributed by atoms with Gasteiger partial charge in [-0.15, -0.1) is 0 Å². The molecule has 15 nitrogen and oxygen atoms in total. The first-order valence-electron chi connectivity index (χ1n) is 17.4. The van der Waals surface area contributed by atoms with Gasteiger partial charge in [0.1, 0.15) is 11.7 Å². The molecule has 0 spiro atoms. The number of rotatable bonds is 14. The molecule has 288 valence electrons. The van der Waals surface area contributed by atoms with Crippen molar-refractivity contribution in [2.24, 2.45) is 22.0 Å². The summed E-state index contributed by atoms with van der Waals surface area (Å²) in [6, 6.07) is 11.1. The van der Waals surface area contributed by atoms with Crippen LogP contribution in [0.15, 0.2) is 71.4 Å². The standard InChI is InChI=1S/C36H38Cl3IN12O3/c1-21-19-51(26-5-4-23(14-40)29(38)12-26)49-31(21)47-34(54)25-17-45-36(46-18-25)42-9-11-55-10-3-8-41-35-43-15-24(16-44-35)33(53)48-32-22(2)20-52(50-32)27-6-7-28(37)30(39)13-27/h4-7,12-13,15-18,21-22H,3,8-11,14,19-20H2,1-2H3,(H,41,43,44)(H,42,45,46)(H,47,49,54)(H,48,50,53)/t21-,22-/m0/s1. The number of amides is 2. The highest BCUT2D eigenvalue weighted by Gasteiger charge is 2.27. The van der Waals surface area contributed by atoms with Crippen molar-refractivity contribution >= 4 is 104 Å². The van der Waals surface area contributed by atoms with Crippen molar-refractivity contribution in [2.45, 2.75) is 24.7 Å². The highest BCUT2D eigenvalue weighted by molar-refractivity contribution is 14.1. The van der Waals surface area contributed by atoms with Crippen molar-refractivity contribution in [3.63, 3.8) is 0 Å². The number of halogens is 4. The number of carbonyl (C=O) groups is 2. The van der Waals surface area contributed by atoms with E-state index in [2.05, 4.69) is 74.0 Å². The van der Waals surface area contributed by atoms with Gasteiger partial charge >= 0.3 is 0 Å². The second-order valence-corrected chi connectivity index (χ2v) is 14.7. The van der Waals surface area contributed by atoms with Gasteiger partial charge in [-0.25, -0.2) is 19.9 Å². The zero-order valence-electron chi connectivity index (χ0n) is 29.9. The third kappa shape index (κ3) is 10.7. The Morgan fingerprint density at radius 3 is 1.75 bits per heavy atom. The van der Waals surface area contributed by atoms with Gasteiger partial charge in [-0.1, -0.05) is 77.3 Å². The number of amidine groups is 2. The lowest BCUT2D eigenvalue weighted by molar-refractivity contribution is 0.0966. The first kappa shape index (κ1) is 40.3. The van der Waals surface area contributed by atoms with Crippen LogP contribution in [0.1, 0.15) is 46.5 Å². The van der Waals surface area contributed by atoms with Crippen LogP contribution in [0.25, 0.3) is 0 Å². The molecule has 2 amide bonds. The van der Waals surface area contributed by atoms with Crippen molar-refractivity contribution in [3.8, 4) is 0 Å². The monoisotopic (exact) mass is 918 g/mol. The number of benzene rings is 2. The Bertz CT molecular complexity index is 2060. The summed E-state index contributed by atoms with van der Waals surface area (Å²) in [5, 5.41) is 26.3. The van der Waals surface area contributed by atoms with Crippen molar-refractivity contribution in [1.29, 1.82) is 0 Å². The van der Waals surface area contributed by atoms with Crippen molar-refractivity contribution in [3.05, 3.63) is 92.9 Å². The molecular weight excluding hydrogens is 882 g/mol. The molecule has 6 rings (SSSR count). The maximum Gasteiger partial charge on any atom is 0.259 e. The number of hydrogen-bond donors (Lipinski definition) is 4. The number of aromatic nitrogens is 4. The van der Waals surface area contributed by atoms with Crippen molar-refractivity contribution < 1.29 is 14.3 Å². The van der Waals surface area contributed by atoms with E-state index < -0.39 is 0 Å². The number of nitrogens with one attached hydrogen (secondary N) is 4. The summed E-state index contributed by atoms with van der Waals surface area (Å²) in [6.45, 7) is 7.18. The van der Waals surface area contributed by atoms with Gasteiger partial charge in [0, 0.05) is 65.8 Å². The Labute approximate surface area is 346 Å². The minimum Gasteiger partial charge on any atom is -0.380 e. The van der Waals surface area contributed by atoms with Crippen LogP contribution in [0.4, 0.5) is 23.3 Å². The second-order valence-electron chi connectivity index (χ2n) is 12.8. The summed E-state index contributed by atoms with van der Waals surface area (Å²) in [5.74, 6) is 1.22. The fraction of sp³-hybridized carbons (Fsp3) is 0.333. The summed E-state index contributed by atoms with van der Waals surface area (Å²) in [6.07, 6.45) is 6.58. The van der Waals surface area contributed by atoms with Gasteiger partial charge in [0.05, 0.1) is 52.2 Å². The lowest BCUT2D eigenvalue weighted by Crippen LogP contribution is -2.33. The minimum absolute atomic E-state index is 0.00981. The molecule has 0 aliphatic carbocycles. The summed E-state index contributed by atoms with van der Waals surface area (Å²) in [4.78, 5) is 42.8. The fourth-order valence-electron chi connectivity index (χ4n) is 5.47. The number of hydrazone groups is 2. The second kappa shape index (κ2) is 19.0. The highest BCUT2D eigenvalue weighted by Crippen LogP contribution is 2.30. The van der Waals surface area contributed by atoms with Gasteiger partial charge in [-0.3, -0.25) is 19.6 Å². The molecule has 4 heterocycles. The highest BCUT2D eigenvalue weighted by atomic mass is 127. The molecule has 4 aromatic rings. The molecule has 2 aliphatic heterocycles. The molecule has 2 aliphatic rings. The number of hydrogen-bond acceptors (Lipinski definition) is 13. The van der Waals surface area contributed by atoms with Gasteiger partial charge in [-0.05, 0) is 42.3 Å². The molecule has 2 aromatic heterocycles. The quantitative estimate of drug-likeness (QED) is 0.0619. The van der Waals surface area contributed by atoms with Crippen LogP contribution in [0.5, 0.6) is 0 Å². The average Bonchev–Trinajstić information content (AvgIpc) is 3.74. The average molecular weight is 920 g/mol. The third-order valence-electron chi connectivity index (χ3n) is 8.55. The van der Waals surface area contributed by atoms with E-state index in [1.54, 1.807) is 17.1 Å². The van der Waals surface area contributed by atoms with E-state index in [4.69, 9.17) is 39.5 Å². The van der Waals surface area contributed by atoms with Crippen LogP contribution in [0.3, 0.4) is 0 Å². The van der Waals surface area contributed by atoms with Gasteiger partial charge in [0.2, 0.25) is 11.9 Å². The van der Waals surface area contributed by atoms with Crippen LogP contribution in [0.2, 0.25) is 15.1 Å². The summed E-state index contributed by atoms with van der Waals surface area (Å²) >= 11 is 20.9. The van der Waals surface area contributed by atoms with Crippen LogP contribution < -0.4 is 31.3 Å². The lowest BCUT2D eigenvalue weighted by Gasteiger charge is -2.15. The Hall–Kier alpha value is -4.36. The largest absolute Gasteiger partial charge is 0.380 e. The Morgan fingerprint density at radius 1 is 0.727 bits per heavy atom. The third-order valence-corrected chi connectivity index (χ3v) is 10.5. The Kier molecular flexibility index (Phi) is 13.9. The summed E-state index contributed by atoms with van der Waals surface area (Å²) in [5.41, 5.74) is 3.35. The predicted octanol–water partition coefficient (Wildman–Crippen LogP) is 6.49. The number of anilines is 4. The van der Waals surface area contributed by atoms with Crippen LogP contribution in [0, 0.1) is 11.8 Å². The van der Waals surface area contributed by atoms with E-state index >= 15 is 0 Å². The van der Waals surface area contributed by atoms with Gasteiger partial charge in [0.15, 0.2) is 0 Å². The molecule has 2 atom stereocenters. The maximum absolute atomic E-state index is 12.9. The first-order chi connectivity index (χ1) is 26.6. The van der Waals surface area contributed by atoms with E-state index in [1.165, 1.54) is 24.8 Å². The molecule has 0 bridgehead atoms. The SMILES string of the molecule is C[C@H]1CN(c2ccc(Cl)c(Cl)c2)N=C1NC(=O)c1cnc(NCCCOCCNc2ncc(C(=O)NC3=NN(c4ccc(CI)c(Cl)c4)C[C@@H]3C)cn2)nc1. The number of nitrogens with zero attached hydrogens (tertiary/aromatic N) is 8. The Balaban J connectivity index is 0.850. The smallest absolute Gasteiger partial charge is 0.259 e. The molecule has 0 unspecified atom stereocenters. The zero-order chi connectivity index (χ0) is 38.9. The van der Waals surface area contributed by atoms with Gasteiger partial charge in [0.25, 0.3) is 11.8 Å². The molecule has 0 radical (unpaired) electrons. The van der Waals surface area contributed by atoms with Crippen LogP contribution in [-0.2, 0) is 9.16 Å². The number of carbonyl (C=O) groups excluding carboxylic acids is 2. The molecular formula is C36H38Cl3IN12O3. The lowest BCUT2D eigenvalue weighted by atomic mass is 10.1. The van der Waals surface area contributed by atoms with Gasteiger partial charge in [-0.2, -0.15) is 10.2 Å². The first-order valence-corrected chi connectivity index (χ1v) is 20.1. The van der Waals surface area contributed by atoms with Crippen molar-refractivity contribution in [2.75, 3.05) is 60.0 Å². The molecule has 0 saturated carbocycles. The number of alkyl halides is 1. The topological polar surface area (TPSA) is 174 Å². The zero-order valence-corrected chi connectivity index (χ0v) is 34.3. The van der Waals surface area contributed by atoms with E-state index in [9.17, 15) is 9.59 Å². The Morgan fingerprint density at radius 2 is 1.24 bits per heavy atom. The number of ether oxygens (including phenoxy) is 1. The molecule has 55 heavy (non-hydrogen) atoms. The molecule has 4 N–H and O–H groups in total. The normalized spacial score (nSPS) is 16.5.